The Hall–Kier alpha value is -0.670. The van der Waals surface area contributed by atoms with Crippen LogP contribution in [0.2, 0.25) is 0 Å². The van der Waals surface area contributed by atoms with Crippen molar-refractivity contribution in [3.05, 3.63) is 0 Å². The molecule has 5 aliphatic rings. The highest BCUT2D eigenvalue weighted by Crippen LogP contribution is 2.49. The molecule has 2 saturated carbocycles. The Kier molecular flexibility index (Phi) is 6.38. The van der Waals surface area contributed by atoms with Gasteiger partial charge in [-0.3, -0.25) is 5.43 Å². The molecule has 0 aromatic rings. The van der Waals surface area contributed by atoms with Gasteiger partial charge in [-0.15, -0.1) is 0 Å². The van der Waals surface area contributed by atoms with Crippen LogP contribution in [-0.2, 0) is 0 Å². The van der Waals surface area contributed by atoms with Crippen molar-refractivity contribution >= 4 is 0 Å². The second-order valence-corrected chi connectivity index (χ2v) is 12.2. The third-order valence-corrected chi connectivity index (χ3v) is 10.3. The Bertz CT molecular complexity index is 657. The number of piperidine rings is 2. The number of fused-ring (bicyclic) bond motifs is 3. The van der Waals surface area contributed by atoms with Crippen LogP contribution in [0.4, 0.5) is 0 Å². The molecule has 5 rings (SSSR count). The third-order valence-electron chi connectivity index (χ3n) is 10.3. The molecule has 0 spiro atoms. The zero-order chi connectivity index (χ0) is 21.6. The van der Waals surface area contributed by atoms with Crippen LogP contribution >= 0.6 is 0 Å². The van der Waals surface area contributed by atoms with Gasteiger partial charge in [0.1, 0.15) is 0 Å². The lowest BCUT2D eigenvalue weighted by molar-refractivity contribution is 0.0388. The molecule has 0 aromatic carbocycles. The molecule has 7 atom stereocenters. The van der Waals surface area contributed by atoms with E-state index in [-0.39, 0.29) is 5.41 Å². The van der Waals surface area contributed by atoms with E-state index in [1.165, 1.54) is 70.9 Å². The highest BCUT2D eigenvalue weighted by Gasteiger charge is 2.53. The van der Waals surface area contributed by atoms with E-state index < -0.39 is 0 Å². The number of nitrogens with one attached hydrogen (secondary N) is 3. The lowest BCUT2D eigenvalue weighted by Gasteiger charge is -2.50. The largest absolute Gasteiger partial charge is 0.316 e. The molecular weight excluding hydrogens is 382 g/mol. The summed E-state index contributed by atoms with van der Waals surface area (Å²) in [6, 6.07) is 4.60. The molecule has 0 radical (unpaired) electrons. The smallest absolute Gasteiger partial charge is 0.0686 e. The first kappa shape index (κ1) is 22.1. The average molecular weight is 428 g/mol. The van der Waals surface area contributed by atoms with Crippen molar-refractivity contribution < 1.29 is 0 Å². The Morgan fingerprint density at radius 1 is 0.935 bits per heavy atom. The van der Waals surface area contributed by atoms with E-state index in [0.717, 1.165) is 42.2 Å². The summed E-state index contributed by atoms with van der Waals surface area (Å²) in [5.41, 5.74) is 3.81. The molecule has 0 amide bonds. The minimum Gasteiger partial charge on any atom is -0.316 e. The molecule has 3 saturated heterocycles. The molecule has 5 nitrogen and oxygen atoms in total. The topological polar surface area (TPSA) is 63.1 Å². The molecule has 3 heterocycles. The van der Waals surface area contributed by atoms with Crippen molar-refractivity contribution in [3.63, 3.8) is 0 Å². The lowest BCUT2D eigenvalue weighted by atomic mass is 9.60. The van der Waals surface area contributed by atoms with Crippen LogP contribution in [0.1, 0.15) is 71.6 Å². The Balaban J connectivity index is 1.29. The molecule has 31 heavy (non-hydrogen) atoms. The number of nitriles is 1. The summed E-state index contributed by atoms with van der Waals surface area (Å²) in [6.45, 7) is 7.93. The molecule has 0 bridgehead atoms. The summed E-state index contributed by atoms with van der Waals surface area (Å²) in [5, 5.41) is 19.7. The van der Waals surface area contributed by atoms with Crippen molar-refractivity contribution in [2.75, 3.05) is 26.7 Å². The minimum absolute atomic E-state index is 0.169. The highest BCUT2D eigenvalue weighted by molar-refractivity contribution is 5.08. The van der Waals surface area contributed by atoms with Gasteiger partial charge in [-0.2, -0.15) is 5.26 Å². The summed E-state index contributed by atoms with van der Waals surface area (Å²) in [5.74, 6) is 4.80. The molecule has 2 aliphatic carbocycles. The van der Waals surface area contributed by atoms with E-state index in [1.54, 1.807) is 0 Å². The Morgan fingerprint density at radius 3 is 2.42 bits per heavy atom. The van der Waals surface area contributed by atoms with Crippen molar-refractivity contribution in [2.45, 2.75) is 89.8 Å². The van der Waals surface area contributed by atoms with E-state index in [0.29, 0.717) is 18.0 Å². The Labute approximate surface area is 190 Å². The monoisotopic (exact) mass is 427 g/mol. The maximum Gasteiger partial charge on any atom is 0.0686 e. The van der Waals surface area contributed by atoms with Crippen LogP contribution in [0.3, 0.4) is 0 Å². The van der Waals surface area contributed by atoms with Crippen LogP contribution < -0.4 is 16.1 Å². The van der Waals surface area contributed by atoms with Crippen LogP contribution in [0.15, 0.2) is 0 Å². The first-order chi connectivity index (χ1) is 15.0. The number of hydrazine groups is 1. The van der Waals surface area contributed by atoms with E-state index >= 15 is 0 Å². The number of nitrogens with zero attached hydrogens (tertiary/aromatic N) is 2. The van der Waals surface area contributed by atoms with Crippen molar-refractivity contribution in [2.24, 2.45) is 40.9 Å². The van der Waals surface area contributed by atoms with Gasteiger partial charge in [0.05, 0.1) is 11.5 Å². The van der Waals surface area contributed by atoms with Crippen molar-refractivity contribution in [3.8, 4) is 6.07 Å². The van der Waals surface area contributed by atoms with Crippen LogP contribution in [0, 0.1) is 52.3 Å². The van der Waals surface area contributed by atoms with Gasteiger partial charge in [0.25, 0.3) is 0 Å². The van der Waals surface area contributed by atoms with Gasteiger partial charge in [0.2, 0.25) is 0 Å². The summed E-state index contributed by atoms with van der Waals surface area (Å²) in [4.78, 5) is 0. The van der Waals surface area contributed by atoms with Crippen molar-refractivity contribution in [1.29, 1.82) is 5.26 Å². The van der Waals surface area contributed by atoms with Gasteiger partial charge in [0, 0.05) is 31.7 Å². The quantitative estimate of drug-likeness (QED) is 0.643. The third kappa shape index (κ3) is 4.19. The SMILES string of the molecule is CN1NC(C2CCC(C(C)(C)C#N)CC2)C2C3CC(C4CCCNC4)CCC3NCC21. The lowest BCUT2D eigenvalue weighted by Crippen LogP contribution is -2.59. The molecule has 174 valence electrons. The minimum atomic E-state index is -0.169. The summed E-state index contributed by atoms with van der Waals surface area (Å²) in [6.07, 6.45) is 12.1. The molecule has 5 heteroatoms. The molecule has 7 unspecified atom stereocenters. The number of hydrogen-bond acceptors (Lipinski definition) is 5. The zero-order valence-corrected chi connectivity index (χ0v) is 20.1. The van der Waals surface area contributed by atoms with E-state index in [1.807, 2.05) is 0 Å². The van der Waals surface area contributed by atoms with Gasteiger partial charge in [-0.25, -0.2) is 5.01 Å². The predicted octanol–water partition coefficient (Wildman–Crippen LogP) is 3.53. The van der Waals surface area contributed by atoms with E-state index in [4.69, 9.17) is 0 Å². The summed E-state index contributed by atoms with van der Waals surface area (Å²) >= 11 is 0. The van der Waals surface area contributed by atoms with Crippen LogP contribution in [-0.4, -0.2) is 49.8 Å². The maximum atomic E-state index is 9.59. The van der Waals surface area contributed by atoms with Gasteiger partial charge in [0.15, 0.2) is 0 Å². The fourth-order valence-corrected chi connectivity index (χ4v) is 8.35. The summed E-state index contributed by atoms with van der Waals surface area (Å²) in [7, 11) is 2.29. The van der Waals surface area contributed by atoms with Gasteiger partial charge in [-0.05, 0) is 120 Å². The number of hydrogen-bond donors (Lipinski definition) is 3. The maximum absolute atomic E-state index is 9.59. The van der Waals surface area contributed by atoms with Crippen LogP contribution in [0.25, 0.3) is 0 Å². The van der Waals surface area contributed by atoms with Gasteiger partial charge < -0.3 is 10.6 Å². The first-order valence-corrected chi connectivity index (χ1v) is 13.3. The average Bonchev–Trinajstić information content (AvgIpc) is 3.16. The van der Waals surface area contributed by atoms with Crippen molar-refractivity contribution in [1.82, 2.24) is 21.1 Å². The zero-order valence-electron chi connectivity index (χ0n) is 20.1. The molecule has 0 aromatic heterocycles. The number of rotatable bonds is 3. The predicted molar refractivity (Wildman–Crippen MR) is 125 cm³/mol. The molecular formula is C26H45N5. The highest BCUT2D eigenvalue weighted by atomic mass is 15.6. The number of likely N-dealkylation sites (N-methyl/N-ethyl adjacent to an activating group) is 1. The van der Waals surface area contributed by atoms with Gasteiger partial charge >= 0.3 is 0 Å². The Morgan fingerprint density at radius 2 is 1.71 bits per heavy atom. The standard InChI is InChI=1S/C26H45N5/c1-26(2,16-27)20-9-6-17(7-10-20)25-24-21-13-18(19-5-4-12-28-14-19)8-11-22(21)29-15-23(24)31(3)30-25/h17-25,28-30H,4-15H2,1-3H3. The molecule has 5 fully saturated rings. The first-order valence-electron chi connectivity index (χ1n) is 13.3. The van der Waals surface area contributed by atoms with Gasteiger partial charge in [-0.1, -0.05) is 0 Å². The molecule has 3 aliphatic heterocycles. The fraction of sp³-hybridized carbons (Fsp3) is 0.962. The molecule has 3 N–H and O–H groups in total. The second kappa shape index (κ2) is 8.93. The normalized spacial score (nSPS) is 46.7. The van der Waals surface area contributed by atoms with E-state index in [9.17, 15) is 5.26 Å². The second-order valence-electron chi connectivity index (χ2n) is 12.2. The summed E-state index contributed by atoms with van der Waals surface area (Å²) < 4.78 is 0. The van der Waals surface area contributed by atoms with Crippen LogP contribution in [0.5, 0.6) is 0 Å². The fourth-order valence-electron chi connectivity index (χ4n) is 8.35. The van der Waals surface area contributed by atoms with E-state index in [2.05, 4.69) is 48.0 Å².